The minimum atomic E-state index is -0.357. The quantitative estimate of drug-likeness (QED) is 0.346. The summed E-state index contributed by atoms with van der Waals surface area (Å²) >= 11 is 15.4. The third-order valence-electron chi connectivity index (χ3n) is 3.82. The molecule has 0 bridgehead atoms. The Morgan fingerprint density at radius 3 is 2.37 bits per heavy atom. The average Bonchev–Trinajstić information content (AvgIpc) is 2.72. The van der Waals surface area contributed by atoms with Gasteiger partial charge in [-0.3, -0.25) is 4.79 Å². The van der Waals surface area contributed by atoms with E-state index < -0.39 is 0 Å². The molecule has 3 aromatic rings. The molecule has 156 valence electrons. The van der Waals surface area contributed by atoms with Crippen LogP contribution < -0.4 is 19.5 Å². The summed E-state index contributed by atoms with van der Waals surface area (Å²) in [7, 11) is 0. The molecule has 0 saturated carbocycles. The van der Waals surface area contributed by atoms with Gasteiger partial charge in [-0.15, -0.1) is 0 Å². The van der Waals surface area contributed by atoms with Crippen LogP contribution in [-0.4, -0.2) is 25.7 Å². The number of carbonyl (C=O) groups excluding carboxylic acids is 1. The number of ether oxygens (including phenoxy) is 3. The summed E-state index contributed by atoms with van der Waals surface area (Å²) in [4.78, 5) is 12.3. The molecule has 1 amide bonds. The molecule has 0 spiro atoms. The van der Waals surface area contributed by atoms with Crippen LogP contribution in [0.15, 0.2) is 71.2 Å². The zero-order chi connectivity index (χ0) is 21.3. The minimum Gasteiger partial charge on any atom is -0.490 e. The fraction of sp³-hybridized carbons (Fsp3) is 0.136. The van der Waals surface area contributed by atoms with E-state index in [2.05, 4.69) is 21.2 Å². The molecule has 0 unspecified atom stereocenters. The number of nitrogens with one attached hydrogen (secondary N) is 1. The van der Waals surface area contributed by atoms with Crippen LogP contribution in [0.25, 0.3) is 0 Å². The highest BCUT2D eigenvalue weighted by molar-refractivity contribution is 9.10. The molecule has 0 radical (unpaired) electrons. The zero-order valence-corrected chi connectivity index (χ0v) is 18.8. The van der Waals surface area contributed by atoms with Crippen molar-refractivity contribution in [1.29, 1.82) is 0 Å². The molecule has 3 rings (SSSR count). The summed E-state index contributed by atoms with van der Waals surface area (Å²) in [5.41, 5.74) is 0.534. The summed E-state index contributed by atoms with van der Waals surface area (Å²) in [6.07, 6.45) is 0. The van der Waals surface area contributed by atoms with Gasteiger partial charge in [-0.25, -0.2) is 0 Å². The van der Waals surface area contributed by atoms with Crippen LogP contribution in [0.2, 0.25) is 10.0 Å². The first-order valence-corrected chi connectivity index (χ1v) is 10.5. The third-order valence-corrected chi connectivity index (χ3v) is 4.91. The molecule has 0 aliphatic carbocycles. The predicted octanol–water partition coefficient (Wildman–Crippen LogP) is 6.23. The second-order valence-electron chi connectivity index (χ2n) is 6.04. The van der Waals surface area contributed by atoms with Crippen LogP contribution in [0.5, 0.6) is 17.2 Å². The average molecular weight is 511 g/mol. The Morgan fingerprint density at radius 2 is 1.60 bits per heavy atom. The van der Waals surface area contributed by atoms with Gasteiger partial charge >= 0.3 is 0 Å². The third kappa shape index (κ3) is 6.55. The minimum absolute atomic E-state index is 0.231. The molecular formula is C22H18BrCl2NO4. The fourth-order valence-corrected chi connectivity index (χ4v) is 3.88. The molecule has 0 aromatic heterocycles. The lowest BCUT2D eigenvalue weighted by Crippen LogP contribution is -2.21. The molecule has 0 atom stereocenters. The lowest BCUT2D eigenvalue weighted by atomic mass is 10.3. The maximum atomic E-state index is 12.3. The number of rotatable bonds is 9. The first-order valence-electron chi connectivity index (χ1n) is 9.00. The second kappa shape index (κ2) is 11.1. The Balaban J connectivity index is 1.52. The van der Waals surface area contributed by atoms with Gasteiger partial charge in [0.05, 0.1) is 15.2 Å². The molecular weight excluding hydrogens is 493 g/mol. The maximum absolute atomic E-state index is 12.3. The molecule has 1 N–H and O–H groups in total. The Morgan fingerprint density at radius 1 is 0.900 bits per heavy atom. The van der Waals surface area contributed by atoms with Gasteiger partial charge in [0.1, 0.15) is 24.7 Å². The highest BCUT2D eigenvalue weighted by atomic mass is 79.9. The molecule has 0 saturated heterocycles. The smallest absolute Gasteiger partial charge is 0.262 e. The molecule has 0 aliphatic heterocycles. The lowest BCUT2D eigenvalue weighted by molar-refractivity contribution is -0.118. The number of para-hydroxylation sites is 3. The summed E-state index contributed by atoms with van der Waals surface area (Å²) in [5.74, 6) is 1.29. The fourth-order valence-electron chi connectivity index (χ4n) is 2.51. The normalized spacial score (nSPS) is 10.4. The van der Waals surface area contributed by atoms with Gasteiger partial charge in [-0.1, -0.05) is 53.5 Å². The summed E-state index contributed by atoms with van der Waals surface area (Å²) in [6.45, 7) is 0.468. The van der Waals surface area contributed by atoms with Gasteiger partial charge in [0.25, 0.3) is 5.91 Å². The van der Waals surface area contributed by atoms with Crippen molar-refractivity contribution in [3.63, 3.8) is 0 Å². The van der Waals surface area contributed by atoms with Crippen molar-refractivity contribution in [2.45, 2.75) is 0 Å². The van der Waals surface area contributed by atoms with Crippen molar-refractivity contribution in [3.05, 3.63) is 81.2 Å². The molecule has 0 fully saturated rings. The standard InChI is InChI=1S/C22H18BrCl2NO4/c23-17-12-15(24)13-18(25)22(17)30-14-21(27)26-19-8-4-5-9-20(19)29-11-10-28-16-6-2-1-3-7-16/h1-9,12-13H,10-11,14H2,(H,26,27). The van der Waals surface area contributed by atoms with Crippen LogP contribution >= 0.6 is 39.1 Å². The Labute approximate surface area is 193 Å². The van der Waals surface area contributed by atoms with E-state index >= 15 is 0 Å². The van der Waals surface area contributed by atoms with Crippen LogP contribution in [-0.2, 0) is 4.79 Å². The molecule has 30 heavy (non-hydrogen) atoms. The molecule has 0 aliphatic rings. The van der Waals surface area contributed by atoms with E-state index in [0.717, 1.165) is 5.75 Å². The summed E-state index contributed by atoms with van der Waals surface area (Å²) in [6, 6.07) is 19.8. The zero-order valence-electron chi connectivity index (χ0n) is 15.7. The topological polar surface area (TPSA) is 56.8 Å². The molecule has 5 nitrogen and oxygen atoms in total. The highest BCUT2D eigenvalue weighted by Crippen LogP contribution is 2.36. The van der Waals surface area contributed by atoms with E-state index in [1.807, 2.05) is 36.4 Å². The Hall–Kier alpha value is -2.41. The monoisotopic (exact) mass is 509 g/mol. The van der Waals surface area contributed by atoms with Crippen molar-refractivity contribution in [3.8, 4) is 17.2 Å². The van der Waals surface area contributed by atoms with Crippen molar-refractivity contribution >= 4 is 50.7 Å². The number of halogens is 3. The molecule has 8 heteroatoms. The van der Waals surface area contributed by atoms with Crippen LogP contribution in [0, 0.1) is 0 Å². The Kier molecular flexibility index (Phi) is 8.25. The molecule has 3 aromatic carbocycles. The largest absolute Gasteiger partial charge is 0.490 e. The van der Waals surface area contributed by atoms with E-state index in [4.69, 9.17) is 37.4 Å². The number of carbonyl (C=O) groups is 1. The van der Waals surface area contributed by atoms with E-state index in [-0.39, 0.29) is 12.5 Å². The van der Waals surface area contributed by atoms with Crippen LogP contribution in [0.1, 0.15) is 0 Å². The number of benzene rings is 3. The van der Waals surface area contributed by atoms with Crippen molar-refractivity contribution in [2.75, 3.05) is 25.1 Å². The SMILES string of the molecule is O=C(COc1c(Cl)cc(Cl)cc1Br)Nc1ccccc1OCCOc1ccccc1. The van der Waals surface area contributed by atoms with E-state index in [1.165, 1.54) is 0 Å². The van der Waals surface area contributed by atoms with Gasteiger partial charge in [0.15, 0.2) is 12.4 Å². The first-order chi connectivity index (χ1) is 14.5. The van der Waals surface area contributed by atoms with E-state index in [1.54, 1.807) is 30.3 Å². The number of anilines is 1. The number of hydrogen-bond donors (Lipinski definition) is 1. The van der Waals surface area contributed by atoms with E-state index in [9.17, 15) is 4.79 Å². The van der Waals surface area contributed by atoms with Gasteiger partial charge in [0, 0.05) is 5.02 Å². The van der Waals surface area contributed by atoms with Crippen molar-refractivity contribution in [1.82, 2.24) is 0 Å². The lowest BCUT2D eigenvalue weighted by Gasteiger charge is -2.14. The van der Waals surface area contributed by atoms with Gasteiger partial charge in [-0.05, 0) is 52.3 Å². The van der Waals surface area contributed by atoms with Crippen LogP contribution in [0.4, 0.5) is 5.69 Å². The van der Waals surface area contributed by atoms with Gasteiger partial charge in [-0.2, -0.15) is 0 Å². The van der Waals surface area contributed by atoms with Gasteiger partial charge < -0.3 is 19.5 Å². The van der Waals surface area contributed by atoms with E-state index in [0.29, 0.717) is 44.9 Å². The number of hydrogen-bond acceptors (Lipinski definition) is 4. The number of amides is 1. The first kappa shape index (κ1) is 22.3. The summed E-state index contributed by atoms with van der Waals surface area (Å²) < 4.78 is 17.5. The van der Waals surface area contributed by atoms with Gasteiger partial charge in [0.2, 0.25) is 0 Å². The second-order valence-corrected chi connectivity index (χ2v) is 7.74. The highest BCUT2D eigenvalue weighted by Gasteiger charge is 2.13. The summed E-state index contributed by atoms with van der Waals surface area (Å²) in [5, 5.41) is 3.55. The van der Waals surface area contributed by atoms with Crippen molar-refractivity contribution < 1.29 is 19.0 Å². The van der Waals surface area contributed by atoms with Crippen LogP contribution in [0.3, 0.4) is 0 Å². The Bertz CT molecular complexity index is 978. The maximum Gasteiger partial charge on any atom is 0.262 e. The molecule has 0 heterocycles. The van der Waals surface area contributed by atoms with Crippen molar-refractivity contribution in [2.24, 2.45) is 0 Å². The predicted molar refractivity (Wildman–Crippen MR) is 122 cm³/mol.